The quantitative estimate of drug-likeness (QED) is 0.640. The van der Waals surface area contributed by atoms with Crippen molar-refractivity contribution in [2.75, 3.05) is 11.1 Å². The summed E-state index contributed by atoms with van der Waals surface area (Å²) in [5.74, 6) is -0.791. The third-order valence-electron chi connectivity index (χ3n) is 2.99. The van der Waals surface area contributed by atoms with Gasteiger partial charge < -0.3 is 15.5 Å². The minimum Gasteiger partial charge on any atom is -0.408 e. The van der Waals surface area contributed by atoms with Crippen molar-refractivity contribution >= 4 is 22.5 Å². The first-order valence-electron chi connectivity index (χ1n) is 6.02. The van der Waals surface area contributed by atoms with Gasteiger partial charge in [-0.15, -0.1) is 0 Å². The van der Waals surface area contributed by atoms with Gasteiger partial charge in [0.25, 0.3) is 0 Å². The molecular formula is C14H12FN3O2. The molecule has 3 aromatic rings. The molecule has 1 heterocycles. The van der Waals surface area contributed by atoms with Gasteiger partial charge in [-0.1, -0.05) is 12.1 Å². The molecule has 0 saturated carbocycles. The number of benzene rings is 2. The Morgan fingerprint density at radius 1 is 1.25 bits per heavy atom. The summed E-state index contributed by atoms with van der Waals surface area (Å²) < 4.78 is 17.7. The average molecular weight is 273 g/mol. The number of nitrogen functional groups attached to an aromatic ring is 1. The summed E-state index contributed by atoms with van der Waals surface area (Å²) in [6, 6.07) is 9.47. The Kier molecular flexibility index (Phi) is 2.90. The maximum Gasteiger partial charge on any atom is 0.417 e. The number of halogens is 1. The second kappa shape index (κ2) is 4.73. The van der Waals surface area contributed by atoms with Crippen LogP contribution in [-0.4, -0.2) is 4.98 Å². The number of H-pyrrole nitrogens is 1. The molecule has 0 bridgehead atoms. The number of aromatic nitrogens is 1. The van der Waals surface area contributed by atoms with Crippen LogP contribution in [-0.2, 0) is 6.54 Å². The van der Waals surface area contributed by atoms with E-state index in [2.05, 4.69) is 10.3 Å². The van der Waals surface area contributed by atoms with Crippen molar-refractivity contribution in [3.8, 4) is 0 Å². The molecular weight excluding hydrogens is 261 g/mol. The summed E-state index contributed by atoms with van der Waals surface area (Å²) >= 11 is 0. The van der Waals surface area contributed by atoms with Gasteiger partial charge in [0.05, 0.1) is 16.9 Å². The Balaban J connectivity index is 1.84. The van der Waals surface area contributed by atoms with Gasteiger partial charge in [-0.2, -0.15) is 0 Å². The van der Waals surface area contributed by atoms with Crippen LogP contribution in [0.4, 0.5) is 15.8 Å². The highest BCUT2D eigenvalue weighted by Crippen LogP contribution is 2.24. The summed E-state index contributed by atoms with van der Waals surface area (Å²) in [6.07, 6.45) is 0. The van der Waals surface area contributed by atoms with Crippen molar-refractivity contribution in [1.82, 2.24) is 4.98 Å². The molecule has 0 amide bonds. The average Bonchev–Trinajstić information content (AvgIpc) is 2.77. The molecule has 6 heteroatoms. The first-order valence-corrected chi connectivity index (χ1v) is 6.02. The second-order valence-electron chi connectivity index (χ2n) is 4.43. The molecule has 0 atom stereocenters. The normalized spacial score (nSPS) is 10.8. The maximum absolute atomic E-state index is 12.8. The number of rotatable bonds is 3. The predicted octanol–water partition coefficient (Wildman–Crippen LogP) is 2.45. The highest BCUT2D eigenvalue weighted by molar-refractivity contribution is 5.85. The van der Waals surface area contributed by atoms with Crippen LogP contribution >= 0.6 is 0 Å². The van der Waals surface area contributed by atoms with E-state index in [0.717, 1.165) is 5.56 Å². The van der Waals surface area contributed by atoms with Crippen molar-refractivity contribution in [3.05, 3.63) is 58.3 Å². The third-order valence-corrected chi connectivity index (χ3v) is 2.99. The number of anilines is 2. The first kappa shape index (κ1) is 12.3. The topological polar surface area (TPSA) is 84.0 Å². The fraction of sp³-hybridized carbons (Fsp3) is 0.0714. The Labute approximate surface area is 113 Å². The van der Waals surface area contributed by atoms with Crippen molar-refractivity contribution in [2.24, 2.45) is 0 Å². The number of nitrogens with one attached hydrogen (secondary N) is 2. The lowest BCUT2D eigenvalue weighted by Gasteiger charge is -2.09. The molecule has 0 aliphatic rings. The van der Waals surface area contributed by atoms with Crippen molar-refractivity contribution in [3.63, 3.8) is 0 Å². The molecule has 102 valence electrons. The summed E-state index contributed by atoms with van der Waals surface area (Å²) in [7, 11) is 0. The Morgan fingerprint density at radius 2 is 2.00 bits per heavy atom. The molecule has 0 aliphatic carbocycles. The van der Waals surface area contributed by atoms with Gasteiger partial charge in [0, 0.05) is 12.6 Å². The number of hydrogen-bond acceptors (Lipinski definition) is 4. The molecule has 0 aliphatic heterocycles. The fourth-order valence-electron chi connectivity index (χ4n) is 1.97. The van der Waals surface area contributed by atoms with E-state index in [1.165, 1.54) is 12.1 Å². The van der Waals surface area contributed by atoms with Gasteiger partial charge in [0.2, 0.25) is 0 Å². The summed E-state index contributed by atoms with van der Waals surface area (Å²) in [5.41, 5.74) is 8.95. The first-order chi connectivity index (χ1) is 9.61. The molecule has 0 fully saturated rings. The maximum atomic E-state index is 12.8. The van der Waals surface area contributed by atoms with E-state index in [9.17, 15) is 9.18 Å². The Morgan fingerprint density at radius 3 is 2.75 bits per heavy atom. The molecule has 0 unspecified atom stereocenters. The van der Waals surface area contributed by atoms with Crippen LogP contribution in [0.15, 0.2) is 45.6 Å². The molecule has 2 aromatic carbocycles. The lowest BCUT2D eigenvalue weighted by Crippen LogP contribution is -2.02. The van der Waals surface area contributed by atoms with Crippen LogP contribution in [0.5, 0.6) is 0 Å². The van der Waals surface area contributed by atoms with Crippen LogP contribution in [0, 0.1) is 5.82 Å². The van der Waals surface area contributed by atoms with Gasteiger partial charge in [0.1, 0.15) is 5.82 Å². The monoisotopic (exact) mass is 273 g/mol. The van der Waals surface area contributed by atoms with E-state index in [0.29, 0.717) is 29.0 Å². The van der Waals surface area contributed by atoms with E-state index >= 15 is 0 Å². The third kappa shape index (κ3) is 2.35. The van der Waals surface area contributed by atoms with Gasteiger partial charge in [-0.3, -0.25) is 4.98 Å². The minimum atomic E-state index is -0.518. The van der Waals surface area contributed by atoms with Crippen LogP contribution in [0.1, 0.15) is 5.56 Å². The molecule has 0 radical (unpaired) electrons. The number of nitrogens with two attached hydrogens (primary N) is 1. The molecule has 0 saturated heterocycles. The molecule has 1 aromatic heterocycles. The smallest absolute Gasteiger partial charge is 0.408 e. The zero-order valence-electron chi connectivity index (χ0n) is 10.4. The molecule has 3 rings (SSSR count). The second-order valence-corrected chi connectivity index (χ2v) is 4.43. The highest BCUT2D eigenvalue weighted by Gasteiger charge is 2.06. The zero-order valence-corrected chi connectivity index (χ0v) is 10.4. The van der Waals surface area contributed by atoms with E-state index < -0.39 is 5.76 Å². The molecule has 20 heavy (non-hydrogen) atoms. The van der Waals surface area contributed by atoms with Crippen LogP contribution in [0.25, 0.3) is 11.1 Å². The zero-order chi connectivity index (χ0) is 14.1. The summed E-state index contributed by atoms with van der Waals surface area (Å²) in [6.45, 7) is 0.498. The summed E-state index contributed by atoms with van der Waals surface area (Å²) in [5, 5.41) is 3.14. The van der Waals surface area contributed by atoms with Crippen LogP contribution in [0.3, 0.4) is 0 Å². The Bertz CT molecular complexity index is 805. The molecule has 5 nitrogen and oxygen atoms in total. The van der Waals surface area contributed by atoms with Gasteiger partial charge in [-0.05, 0) is 23.8 Å². The lowest BCUT2D eigenvalue weighted by atomic mass is 10.2. The number of hydrogen-bond donors (Lipinski definition) is 3. The fourth-order valence-corrected chi connectivity index (χ4v) is 1.97. The minimum absolute atomic E-state index is 0.273. The van der Waals surface area contributed by atoms with E-state index in [4.69, 9.17) is 10.2 Å². The van der Waals surface area contributed by atoms with E-state index in [-0.39, 0.29) is 5.82 Å². The van der Waals surface area contributed by atoms with Crippen molar-refractivity contribution < 1.29 is 8.81 Å². The number of aromatic amines is 1. The summed E-state index contributed by atoms with van der Waals surface area (Å²) in [4.78, 5) is 13.7. The van der Waals surface area contributed by atoms with Crippen LogP contribution in [0.2, 0.25) is 0 Å². The van der Waals surface area contributed by atoms with E-state index in [1.54, 1.807) is 24.3 Å². The largest absolute Gasteiger partial charge is 0.417 e. The standard InChI is InChI=1S/C14H12FN3O2/c15-9-3-1-8(2-4-9)7-17-11-6-12-13(5-10(11)16)20-14(19)18-12/h1-6,17H,7,16H2,(H,18,19). The molecule has 0 spiro atoms. The van der Waals surface area contributed by atoms with Crippen molar-refractivity contribution in [2.45, 2.75) is 6.54 Å². The number of oxazole rings is 1. The highest BCUT2D eigenvalue weighted by atomic mass is 19.1. The van der Waals surface area contributed by atoms with Gasteiger partial charge in [0.15, 0.2) is 5.58 Å². The predicted molar refractivity (Wildman–Crippen MR) is 75.0 cm³/mol. The van der Waals surface area contributed by atoms with Gasteiger partial charge in [-0.25, -0.2) is 9.18 Å². The SMILES string of the molecule is Nc1cc2oc(=O)[nH]c2cc1NCc1ccc(F)cc1. The van der Waals surface area contributed by atoms with Crippen LogP contribution < -0.4 is 16.8 Å². The molecule has 4 N–H and O–H groups in total. The Hall–Kier alpha value is -2.76. The van der Waals surface area contributed by atoms with Gasteiger partial charge >= 0.3 is 5.76 Å². The van der Waals surface area contributed by atoms with Crippen molar-refractivity contribution in [1.29, 1.82) is 0 Å². The lowest BCUT2D eigenvalue weighted by molar-refractivity contribution is 0.555. The number of fused-ring (bicyclic) bond motifs is 1. The van der Waals surface area contributed by atoms with E-state index in [1.807, 2.05) is 0 Å².